The second-order valence-corrected chi connectivity index (χ2v) is 8.98. The maximum atomic E-state index is 12.5. The highest BCUT2D eigenvalue weighted by Gasteiger charge is 2.23. The Morgan fingerprint density at radius 1 is 1.07 bits per heavy atom. The van der Waals surface area contributed by atoms with Crippen LogP contribution in [-0.2, 0) is 21.4 Å². The molecule has 1 atom stereocenters. The molecule has 8 nitrogen and oxygen atoms in total. The SMILES string of the molecule is COc1ccc(C[NH+](C)CC(=O)Nc2ccc(OC)c(S(=O)(=O)N(C)C)c2)cc1. The summed E-state index contributed by atoms with van der Waals surface area (Å²) < 4.78 is 36.4. The lowest BCUT2D eigenvalue weighted by molar-refractivity contribution is -0.885. The molecule has 0 fully saturated rings. The molecule has 9 heteroatoms. The normalized spacial score (nSPS) is 12.5. The second kappa shape index (κ2) is 9.73. The molecule has 0 radical (unpaired) electrons. The Hall–Kier alpha value is -2.62. The van der Waals surface area contributed by atoms with Gasteiger partial charge in [0.1, 0.15) is 22.9 Å². The van der Waals surface area contributed by atoms with Crippen molar-refractivity contribution < 1.29 is 27.6 Å². The van der Waals surface area contributed by atoms with Crippen molar-refractivity contribution in [2.75, 3.05) is 47.2 Å². The van der Waals surface area contributed by atoms with E-state index in [1.807, 2.05) is 31.3 Å². The number of likely N-dealkylation sites (N-methyl/N-ethyl adjacent to an activating group) is 1. The first-order valence-electron chi connectivity index (χ1n) is 9.02. The number of ether oxygens (including phenoxy) is 2. The van der Waals surface area contributed by atoms with Gasteiger partial charge in [-0.25, -0.2) is 12.7 Å². The molecule has 0 saturated carbocycles. The molecule has 0 aliphatic heterocycles. The van der Waals surface area contributed by atoms with E-state index in [9.17, 15) is 13.2 Å². The van der Waals surface area contributed by atoms with Gasteiger partial charge in [-0.15, -0.1) is 0 Å². The third kappa shape index (κ3) is 5.93. The van der Waals surface area contributed by atoms with Crippen LogP contribution in [0.2, 0.25) is 0 Å². The van der Waals surface area contributed by atoms with Gasteiger partial charge in [0.25, 0.3) is 5.91 Å². The van der Waals surface area contributed by atoms with E-state index in [1.54, 1.807) is 13.2 Å². The van der Waals surface area contributed by atoms with Gasteiger partial charge in [-0.2, -0.15) is 0 Å². The Labute approximate surface area is 172 Å². The first-order chi connectivity index (χ1) is 13.7. The number of quaternary nitrogens is 1. The van der Waals surface area contributed by atoms with Crippen LogP contribution in [0.3, 0.4) is 0 Å². The topological polar surface area (TPSA) is 89.4 Å². The fourth-order valence-electron chi connectivity index (χ4n) is 2.79. The van der Waals surface area contributed by atoms with Crippen molar-refractivity contribution in [2.45, 2.75) is 11.4 Å². The van der Waals surface area contributed by atoms with Crippen molar-refractivity contribution in [3.05, 3.63) is 48.0 Å². The molecule has 1 unspecified atom stereocenters. The minimum absolute atomic E-state index is 0.00161. The van der Waals surface area contributed by atoms with Crippen molar-refractivity contribution in [1.82, 2.24) is 4.31 Å². The lowest BCUT2D eigenvalue weighted by Crippen LogP contribution is -3.08. The molecule has 0 spiro atoms. The summed E-state index contributed by atoms with van der Waals surface area (Å²) in [6.07, 6.45) is 0. The first-order valence-corrected chi connectivity index (χ1v) is 10.5. The van der Waals surface area contributed by atoms with E-state index in [2.05, 4.69) is 5.32 Å². The molecule has 2 rings (SSSR count). The summed E-state index contributed by atoms with van der Waals surface area (Å²) in [5.74, 6) is 0.792. The number of methoxy groups -OCH3 is 2. The first kappa shape index (κ1) is 22.7. The Morgan fingerprint density at radius 2 is 1.72 bits per heavy atom. The third-order valence-corrected chi connectivity index (χ3v) is 6.17. The summed E-state index contributed by atoms with van der Waals surface area (Å²) in [4.78, 5) is 13.4. The Morgan fingerprint density at radius 3 is 2.28 bits per heavy atom. The number of amides is 1. The van der Waals surface area contributed by atoms with Crippen molar-refractivity contribution in [2.24, 2.45) is 0 Å². The smallest absolute Gasteiger partial charge is 0.279 e. The number of hydrogen-bond donors (Lipinski definition) is 2. The molecule has 2 aromatic carbocycles. The molecule has 0 aromatic heterocycles. The molecule has 29 heavy (non-hydrogen) atoms. The van der Waals surface area contributed by atoms with Gasteiger partial charge in [-0.1, -0.05) is 0 Å². The molecule has 2 aromatic rings. The van der Waals surface area contributed by atoms with Crippen LogP contribution >= 0.6 is 0 Å². The van der Waals surface area contributed by atoms with Crippen molar-refractivity contribution >= 4 is 21.6 Å². The standard InChI is InChI=1S/C20H27N3O5S/c1-22(2)29(25,26)19-12-16(8-11-18(19)28-5)21-20(24)14-23(3)13-15-6-9-17(27-4)10-7-15/h6-12H,13-14H2,1-5H3,(H,21,24)/p+1. The number of nitrogens with one attached hydrogen (secondary N) is 2. The fraction of sp³-hybridized carbons (Fsp3) is 0.350. The van der Waals surface area contributed by atoms with Gasteiger partial charge in [0.05, 0.1) is 21.3 Å². The van der Waals surface area contributed by atoms with Gasteiger partial charge >= 0.3 is 0 Å². The lowest BCUT2D eigenvalue weighted by Gasteiger charge is -2.17. The summed E-state index contributed by atoms with van der Waals surface area (Å²) in [5.41, 5.74) is 1.48. The monoisotopic (exact) mass is 422 g/mol. The number of benzene rings is 2. The van der Waals surface area contributed by atoms with E-state index >= 15 is 0 Å². The predicted octanol–water partition coefficient (Wildman–Crippen LogP) is 0.608. The average Bonchev–Trinajstić information content (AvgIpc) is 2.68. The summed E-state index contributed by atoms with van der Waals surface area (Å²) in [6.45, 7) is 0.897. The van der Waals surface area contributed by atoms with Crippen LogP contribution < -0.4 is 19.7 Å². The zero-order valence-electron chi connectivity index (χ0n) is 17.4. The highest BCUT2D eigenvalue weighted by molar-refractivity contribution is 7.89. The third-order valence-electron chi connectivity index (χ3n) is 4.33. The molecule has 0 heterocycles. The van der Waals surface area contributed by atoms with Gasteiger partial charge in [0.15, 0.2) is 6.54 Å². The second-order valence-electron chi connectivity index (χ2n) is 6.86. The van der Waals surface area contributed by atoms with E-state index in [1.165, 1.54) is 33.3 Å². The molecular formula is C20H28N3O5S+. The molecular weight excluding hydrogens is 394 g/mol. The summed E-state index contributed by atoms with van der Waals surface area (Å²) in [5, 5.41) is 2.76. The van der Waals surface area contributed by atoms with Crippen LogP contribution in [0.4, 0.5) is 5.69 Å². The number of carbonyl (C=O) groups is 1. The maximum Gasteiger partial charge on any atom is 0.279 e. The summed E-state index contributed by atoms with van der Waals surface area (Å²) >= 11 is 0. The molecule has 2 N–H and O–H groups in total. The molecule has 0 aliphatic carbocycles. The minimum Gasteiger partial charge on any atom is -0.497 e. The zero-order valence-corrected chi connectivity index (χ0v) is 18.2. The van der Waals surface area contributed by atoms with Crippen molar-refractivity contribution in [3.8, 4) is 11.5 Å². The highest BCUT2D eigenvalue weighted by Crippen LogP contribution is 2.28. The molecule has 1 amide bonds. The molecule has 0 aliphatic rings. The van der Waals surface area contributed by atoms with Crippen LogP contribution in [0.25, 0.3) is 0 Å². The van der Waals surface area contributed by atoms with E-state index in [0.717, 1.165) is 20.5 Å². The number of carbonyl (C=O) groups excluding carboxylic acids is 1. The van der Waals surface area contributed by atoms with Gasteiger partial charge in [0, 0.05) is 25.3 Å². The number of hydrogen-bond acceptors (Lipinski definition) is 5. The lowest BCUT2D eigenvalue weighted by atomic mass is 10.2. The van der Waals surface area contributed by atoms with Crippen LogP contribution in [0, 0.1) is 0 Å². The molecule has 0 saturated heterocycles. The van der Waals surface area contributed by atoms with Gasteiger partial charge < -0.3 is 19.7 Å². The Balaban J connectivity index is 2.06. The summed E-state index contributed by atoms with van der Waals surface area (Å²) in [7, 11) is 4.11. The summed E-state index contributed by atoms with van der Waals surface area (Å²) in [6, 6.07) is 12.2. The number of nitrogens with zero attached hydrogens (tertiary/aromatic N) is 1. The largest absolute Gasteiger partial charge is 0.497 e. The van der Waals surface area contributed by atoms with Gasteiger partial charge in [-0.05, 0) is 42.5 Å². The van der Waals surface area contributed by atoms with Gasteiger partial charge in [-0.3, -0.25) is 4.79 Å². The van der Waals surface area contributed by atoms with Crippen LogP contribution in [-0.4, -0.2) is 60.5 Å². The number of sulfonamides is 1. The van der Waals surface area contributed by atoms with Crippen LogP contribution in [0.1, 0.15) is 5.56 Å². The minimum atomic E-state index is -3.71. The zero-order chi connectivity index (χ0) is 21.6. The average molecular weight is 423 g/mol. The predicted molar refractivity (Wildman–Crippen MR) is 111 cm³/mol. The maximum absolute atomic E-state index is 12.5. The van der Waals surface area contributed by atoms with Crippen LogP contribution in [0.15, 0.2) is 47.4 Å². The van der Waals surface area contributed by atoms with E-state index < -0.39 is 10.0 Å². The molecule has 0 bridgehead atoms. The Kier molecular flexibility index (Phi) is 7.60. The van der Waals surface area contributed by atoms with E-state index in [0.29, 0.717) is 12.2 Å². The number of anilines is 1. The van der Waals surface area contributed by atoms with Crippen LogP contribution in [0.5, 0.6) is 11.5 Å². The van der Waals surface area contributed by atoms with E-state index in [4.69, 9.17) is 9.47 Å². The van der Waals surface area contributed by atoms with Gasteiger partial charge in [0.2, 0.25) is 10.0 Å². The Bertz CT molecular complexity index is 943. The fourth-order valence-corrected chi connectivity index (χ4v) is 3.86. The van der Waals surface area contributed by atoms with Crippen molar-refractivity contribution in [1.29, 1.82) is 0 Å². The quantitative estimate of drug-likeness (QED) is 0.618. The van der Waals surface area contributed by atoms with Crippen molar-refractivity contribution in [3.63, 3.8) is 0 Å². The highest BCUT2D eigenvalue weighted by atomic mass is 32.2. The van der Waals surface area contributed by atoms with E-state index in [-0.39, 0.29) is 23.1 Å². The molecule has 158 valence electrons. The number of rotatable bonds is 9.